The van der Waals surface area contributed by atoms with E-state index in [-0.39, 0.29) is 9.90 Å². The van der Waals surface area contributed by atoms with Gasteiger partial charge in [-0.3, -0.25) is 4.79 Å². The molecule has 2 rings (SSSR count). The standard InChI is InChI=1S/C16H17Cl2NO5S/c1-8(15(20)19-6-7-22-2)24-16(21)14-11(17)9-4-5-10(23-3)12(18)13(9)25-14/h4-5,8H,6-7H2,1-3H3,(H,19,20)/t8-/m1/s1. The van der Waals surface area contributed by atoms with Crippen LogP contribution in [0.5, 0.6) is 5.75 Å². The van der Waals surface area contributed by atoms with Crippen LogP contribution in [0.15, 0.2) is 12.1 Å². The average Bonchev–Trinajstić information content (AvgIpc) is 2.93. The highest BCUT2D eigenvalue weighted by Crippen LogP contribution is 2.43. The summed E-state index contributed by atoms with van der Waals surface area (Å²) in [6.45, 7) is 2.18. The first-order chi connectivity index (χ1) is 11.9. The summed E-state index contributed by atoms with van der Waals surface area (Å²) in [4.78, 5) is 24.4. The normalized spacial score (nSPS) is 12.0. The third-order valence-corrected chi connectivity index (χ3v) is 5.56. The van der Waals surface area contributed by atoms with Crippen LogP contribution in [0.25, 0.3) is 10.1 Å². The zero-order valence-corrected chi connectivity index (χ0v) is 16.2. The first-order valence-corrected chi connectivity index (χ1v) is 8.90. The Kier molecular flexibility index (Phi) is 6.89. The van der Waals surface area contributed by atoms with Gasteiger partial charge >= 0.3 is 5.97 Å². The number of ether oxygens (including phenoxy) is 3. The number of nitrogens with one attached hydrogen (secondary N) is 1. The molecule has 25 heavy (non-hydrogen) atoms. The average molecular weight is 406 g/mol. The van der Waals surface area contributed by atoms with E-state index in [1.165, 1.54) is 21.1 Å². The predicted molar refractivity (Wildman–Crippen MR) is 98.2 cm³/mol. The minimum absolute atomic E-state index is 0.184. The Morgan fingerprint density at radius 2 is 1.96 bits per heavy atom. The number of hydrogen-bond acceptors (Lipinski definition) is 6. The Balaban J connectivity index is 2.18. The van der Waals surface area contributed by atoms with Gasteiger partial charge in [0.1, 0.15) is 15.6 Å². The highest BCUT2D eigenvalue weighted by atomic mass is 35.5. The van der Waals surface area contributed by atoms with Crippen LogP contribution in [-0.4, -0.2) is 45.4 Å². The number of halogens is 2. The van der Waals surface area contributed by atoms with Crippen molar-refractivity contribution in [3.63, 3.8) is 0 Å². The molecule has 1 N–H and O–H groups in total. The Morgan fingerprint density at radius 3 is 2.60 bits per heavy atom. The van der Waals surface area contributed by atoms with Gasteiger partial charge in [-0.05, 0) is 19.1 Å². The Morgan fingerprint density at radius 1 is 1.24 bits per heavy atom. The summed E-state index contributed by atoms with van der Waals surface area (Å²) in [5, 5.41) is 3.83. The molecule has 0 aliphatic rings. The minimum Gasteiger partial charge on any atom is -0.495 e. The second-order valence-electron chi connectivity index (χ2n) is 5.04. The summed E-state index contributed by atoms with van der Waals surface area (Å²) in [5.41, 5.74) is 0. The van der Waals surface area contributed by atoms with Crippen molar-refractivity contribution in [3.8, 4) is 5.75 Å². The van der Waals surface area contributed by atoms with Gasteiger partial charge in [-0.15, -0.1) is 11.3 Å². The molecule has 0 unspecified atom stereocenters. The zero-order valence-electron chi connectivity index (χ0n) is 13.9. The van der Waals surface area contributed by atoms with Gasteiger partial charge in [0, 0.05) is 19.0 Å². The molecule has 136 valence electrons. The lowest BCUT2D eigenvalue weighted by Crippen LogP contribution is -2.37. The first-order valence-electron chi connectivity index (χ1n) is 7.32. The molecule has 0 aliphatic carbocycles. The van der Waals surface area contributed by atoms with E-state index in [9.17, 15) is 9.59 Å². The summed E-state index contributed by atoms with van der Waals surface area (Å²) in [7, 11) is 3.03. The Labute approximate surface area is 158 Å². The molecule has 1 atom stereocenters. The fourth-order valence-electron chi connectivity index (χ4n) is 2.06. The molecule has 0 aliphatic heterocycles. The molecule has 0 saturated heterocycles. The number of methoxy groups -OCH3 is 2. The van der Waals surface area contributed by atoms with Crippen molar-refractivity contribution in [2.24, 2.45) is 0 Å². The largest absolute Gasteiger partial charge is 0.495 e. The molecular formula is C16H17Cl2NO5S. The van der Waals surface area contributed by atoms with Gasteiger partial charge in [-0.25, -0.2) is 4.79 Å². The van der Waals surface area contributed by atoms with Gasteiger partial charge in [0.05, 0.1) is 23.4 Å². The molecule has 0 bridgehead atoms. The van der Waals surface area contributed by atoms with E-state index in [1.807, 2.05) is 0 Å². The van der Waals surface area contributed by atoms with E-state index < -0.39 is 18.0 Å². The van der Waals surface area contributed by atoms with Gasteiger partial charge in [0.2, 0.25) is 0 Å². The molecule has 1 amide bonds. The fraction of sp³-hybridized carbons (Fsp3) is 0.375. The maximum absolute atomic E-state index is 12.4. The van der Waals surface area contributed by atoms with E-state index in [0.29, 0.717) is 34.0 Å². The van der Waals surface area contributed by atoms with Crippen molar-refractivity contribution in [2.75, 3.05) is 27.4 Å². The third-order valence-electron chi connectivity index (χ3n) is 3.37. The van der Waals surface area contributed by atoms with Gasteiger partial charge in [0.15, 0.2) is 6.10 Å². The minimum atomic E-state index is -0.962. The van der Waals surface area contributed by atoms with Crippen molar-refractivity contribution < 1.29 is 23.8 Å². The molecule has 1 aromatic carbocycles. The van der Waals surface area contributed by atoms with E-state index in [1.54, 1.807) is 12.1 Å². The molecule has 6 nitrogen and oxygen atoms in total. The topological polar surface area (TPSA) is 73.9 Å². The van der Waals surface area contributed by atoms with E-state index in [4.69, 9.17) is 37.4 Å². The highest BCUT2D eigenvalue weighted by Gasteiger charge is 2.24. The Hall–Kier alpha value is -1.54. The van der Waals surface area contributed by atoms with E-state index >= 15 is 0 Å². The molecule has 0 saturated carbocycles. The number of amides is 1. The third kappa shape index (κ3) is 4.36. The van der Waals surface area contributed by atoms with Gasteiger partial charge in [0.25, 0.3) is 5.91 Å². The number of esters is 1. The van der Waals surface area contributed by atoms with Crippen LogP contribution in [0.2, 0.25) is 10.0 Å². The van der Waals surface area contributed by atoms with Crippen LogP contribution < -0.4 is 10.1 Å². The van der Waals surface area contributed by atoms with Crippen molar-refractivity contribution in [2.45, 2.75) is 13.0 Å². The summed E-state index contributed by atoms with van der Waals surface area (Å²) < 4.78 is 15.8. The Bertz CT molecular complexity index is 792. The molecule has 2 aromatic rings. The lowest BCUT2D eigenvalue weighted by molar-refractivity contribution is -0.129. The van der Waals surface area contributed by atoms with Crippen LogP contribution >= 0.6 is 34.5 Å². The highest BCUT2D eigenvalue weighted by molar-refractivity contribution is 7.22. The molecule has 9 heteroatoms. The number of rotatable bonds is 7. The zero-order chi connectivity index (χ0) is 18.6. The van der Waals surface area contributed by atoms with Gasteiger partial charge in [-0.2, -0.15) is 0 Å². The van der Waals surface area contributed by atoms with E-state index in [2.05, 4.69) is 5.32 Å². The first kappa shape index (κ1) is 19.8. The number of thiophene rings is 1. The van der Waals surface area contributed by atoms with Crippen LogP contribution in [-0.2, 0) is 14.3 Å². The summed E-state index contributed by atoms with van der Waals surface area (Å²) in [5.74, 6) is -0.615. The van der Waals surface area contributed by atoms with Crippen LogP contribution in [0, 0.1) is 0 Å². The molecule has 1 aromatic heterocycles. The van der Waals surface area contributed by atoms with Crippen molar-refractivity contribution in [1.82, 2.24) is 5.32 Å². The van der Waals surface area contributed by atoms with Crippen LogP contribution in [0.3, 0.4) is 0 Å². The van der Waals surface area contributed by atoms with Crippen molar-refractivity contribution in [1.29, 1.82) is 0 Å². The molecular weight excluding hydrogens is 389 g/mol. The SMILES string of the molecule is COCCNC(=O)[C@@H](C)OC(=O)c1sc2c(Cl)c(OC)ccc2c1Cl. The number of benzene rings is 1. The maximum atomic E-state index is 12.4. The van der Waals surface area contributed by atoms with Crippen LogP contribution in [0.1, 0.15) is 16.6 Å². The fourth-order valence-corrected chi connectivity index (χ4v) is 3.83. The maximum Gasteiger partial charge on any atom is 0.350 e. The molecule has 0 radical (unpaired) electrons. The summed E-state index contributed by atoms with van der Waals surface area (Å²) >= 11 is 13.6. The summed E-state index contributed by atoms with van der Waals surface area (Å²) in [6.07, 6.45) is -0.962. The smallest absolute Gasteiger partial charge is 0.350 e. The molecule has 1 heterocycles. The molecule has 0 spiro atoms. The number of carbonyl (C=O) groups excluding carboxylic acids is 2. The number of carbonyl (C=O) groups is 2. The van der Waals surface area contributed by atoms with Crippen LogP contribution in [0.4, 0.5) is 0 Å². The second kappa shape index (κ2) is 8.71. The quantitative estimate of drug-likeness (QED) is 0.563. The summed E-state index contributed by atoms with van der Waals surface area (Å²) in [6, 6.07) is 3.39. The van der Waals surface area contributed by atoms with E-state index in [0.717, 1.165) is 11.3 Å². The number of fused-ring (bicyclic) bond motifs is 1. The second-order valence-corrected chi connectivity index (χ2v) is 6.81. The molecule has 0 fully saturated rings. The predicted octanol–water partition coefficient (Wildman–Crippen LogP) is 3.52. The number of hydrogen-bond donors (Lipinski definition) is 1. The van der Waals surface area contributed by atoms with Crippen molar-refractivity contribution in [3.05, 3.63) is 27.1 Å². The monoisotopic (exact) mass is 405 g/mol. The van der Waals surface area contributed by atoms with Gasteiger partial charge < -0.3 is 19.5 Å². The lowest BCUT2D eigenvalue weighted by atomic mass is 10.2. The van der Waals surface area contributed by atoms with Gasteiger partial charge in [-0.1, -0.05) is 23.2 Å². The van der Waals surface area contributed by atoms with Crippen molar-refractivity contribution >= 4 is 56.5 Å². The lowest BCUT2D eigenvalue weighted by Gasteiger charge is -2.12.